The molecule has 1 heterocycles. The Labute approximate surface area is 89.1 Å². The molecule has 15 heavy (non-hydrogen) atoms. The minimum Gasteiger partial charge on any atom is -0.369 e. The molecule has 76 valence electrons. The summed E-state index contributed by atoms with van der Waals surface area (Å²) in [4.78, 5) is 10.6. The monoisotopic (exact) mass is 199 g/mol. The molecule has 2 rings (SSSR count). The first-order chi connectivity index (χ1) is 7.27. The van der Waals surface area contributed by atoms with Gasteiger partial charge in [-0.25, -0.2) is 4.99 Å². The first kappa shape index (κ1) is 9.65. The second-order valence-corrected chi connectivity index (χ2v) is 3.56. The van der Waals surface area contributed by atoms with Crippen molar-refractivity contribution >= 4 is 22.9 Å². The van der Waals surface area contributed by atoms with Crippen LogP contribution in [0.15, 0.2) is 41.5 Å². The number of rotatable bonds is 2. The summed E-state index contributed by atoms with van der Waals surface area (Å²) in [5, 5.41) is 1.12. The number of aliphatic imine (C=N–C) groups is 1. The van der Waals surface area contributed by atoms with Gasteiger partial charge in [0.25, 0.3) is 0 Å². The number of benzene rings is 1. The normalized spacial score (nSPS) is 11.1. The second-order valence-electron chi connectivity index (χ2n) is 3.56. The highest BCUT2D eigenvalue weighted by Gasteiger charge is 1.98. The Morgan fingerprint density at radius 1 is 1.20 bits per heavy atom. The predicted molar refractivity (Wildman–Crippen MR) is 63.6 cm³/mol. The molecule has 0 aliphatic carbocycles. The van der Waals surface area contributed by atoms with Crippen LogP contribution in [0.1, 0.15) is 0 Å². The lowest BCUT2D eigenvalue weighted by atomic mass is 10.2. The summed E-state index contributed by atoms with van der Waals surface area (Å²) in [5.41, 5.74) is 1.85. The Hall–Kier alpha value is -1.90. The van der Waals surface area contributed by atoms with Gasteiger partial charge >= 0.3 is 0 Å². The van der Waals surface area contributed by atoms with Crippen molar-refractivity contribution in [1.29, 1.82) is 0 Å². The highest BCUT2D eigenvalue weighted by Crippen LogP contribution is 2.22. The predicted octanol–water partition coefficient (Wildman–Crippen LogP) is 2.46. The number of nitrogens with zero attached hydrogens (tertiary/aromatic N) is 3. The van der Waals surface area contributed by atoms with Crippen LogP contribution in [0.25, 0.3) is 10.9 Å². The van der Waals surface area contributed by atoms with Gasteiger partial charge in [-0.3, -0.25) is 4.98 Å². The number of hydrogen-bond acceptors (Lipinski definition) is 2. The van der Waals surface area contributed by atoms with E-state index in [9.17, 15) is 0 Å². The molecule has 0 radical (unpaired) electrons. The van der Waals surface area contributed by atoms with Gasteiger partial charge in [-0.1, -0.05) is 18.2 Å². The van der Waals surface area contributed by atoms with Crippen LogP contribution < -0.4 is 0 Å². The third-order valence-electron chi connectivity index (χ3n) is 2.04. The maximum Gasteiger partial charge on any atom is 0.0959 e. The number of para-hydroxylation sites is 1. The van der Waals surface area contributed by atoms with Crippen molar-refractivity contribution in [3.05, 3.63) is 36.5 Å². The van der Waals surface area contributed by atoms with E-state index in [1.165, 1.54) is 0 Å². The molecule has 1 aromatic carbocycles. The highest BCUT2D eigenvalue weighted by atomic mass is 15.1. The van der Waals surface area contributed by atoms with Gasteiger partial charge in [-0.05, 0) is 12.1 Å². The summed E-state index contributed by atoms with van der Waals surface area (Å²) >= 11 is 0. The van der Waals surface area contributed by atoms with E-state index in [1.54, 1.807) is 12.5 Å². The van der Waals surface area contributed by atoms with Gasteiger partial charge in [0.15, 0.2) is 0 Å². The lowest BCUT2D eigenvalue weighted by molar-refractivity contribution is 0.643. The van der Waals surface area contributed by atoms with Crippen molar-refractivity contribution < 1.29 is 0 Å². The fourth-order valence-corrected chi connectivity index (χ4v) is 1.37. The van der Waals surface area contributed by atoms with Gasteiger partial charge in [0.05, 0.1) is 17.5 Å². The van der Waals surface area contributed by atoms with Gasteiger partial charge in [-0.2, -0.15) is 0 Å². The van der Waals surface area contributed by atoms with E-state index in [1.807, 2.05) is 49.3 Å². The van der Waals surface area contributed by atoms with Crippen molar-refractivity contribution in [3.63, 3.8) is 0 Å². The number of fused-ring (bicyclic) bond motifs is 1. The van der Waals surface area contributed by atoms with E-state index < -0.39 is 0 Å². The topological polar surface area (TPSA) is 28.5 Å². The molecule has 1 aromatic heterocycles. The minimum absolute atomic E-state index is 0.904. The number of aromatic nitrogens is 1. The average Bonchev–Trinajstić information content (AvgIpc) is 2.26. The first-order valence-electron chi connectivity index (χ1n) is 4.82. The fourth-order valence-electron chi connectivity index (χ4n) is 1.37. The molecule has 0 bridgehead atoms. The molecule has 0 amide bonds. The van der Waals surface area contributed by atoms with Crippen LogP contribution in [0.3, 0.4) is 0 Å². The molecule has 0 aliphatic heterocycles. The van der Waals surface area contributed by atoms with Crippen molar-refractivity contribution in [2.75, 3.05) is 14.1 Å². The molecule has 0 unspecified atom stereocenters. The summed E-state index contributed by atoms with van der Waals surface area (Å²) in [6.45, 7) is 0. The molecule has 0 spiro atoms. The molecule has 0 saturated heterocycles. The van der Waals surface area contributed by atoms with Crippen LogP contribution in [-0.2, 0) is 0 Å². The zero-order chi connectivity index (χ0) is 10.7. The van der Waals surface area contributed by atoms with Crippen LogP contribution in [0.5, 0.6) is 0 Å². The Kier molecular flexibility index (Phi) is 2.63. The van der Waals surface area contributed by atoms with Crippen LogP contribution in [-0.4, -0.2) is 30.3 Å². The van der Waals surface area contributed by atoms with E-state index in [0.717, 1.165) is 16.6 Å². The van der Waals surface area contributed by atoms with Gasteiger partial charge in [-0.15, -0.1) is 0 Å². The summed E-state index contributed by atoms with van der Waals surface area (Å²) < 4.78 is 0. The Balaban J connectivity index is 2.51. The van der Waals surface area contributed by atoms with Crippen molar-refractivity contribution in [2.45, 2.75) is 0 Å². The Morgan fingerprint density at radius 3 is 2.80 bits per heavy atom. The minimum atomic E-state index is 0.904. The maximum absolute atomic E-state index is 4.37. The second kappa shape index (κ2) is 4.09. The smallest absolute Gasteiger partial charge is 0.0959 e. The van der Waals surface area contributed by atoms with E-state index in [-0.39, 0.29) is 0 Å². The molecule has 0 saturated carbocycles. The van der Waals surface area contributed by atoms with Gasteiger partial charge < -0.3 is 4.90 Å². The van der Waals surface area contributed by atoms with Crippen LogP contribution in [0.2, 0.25) is 0 Å². The lowest BCUT2D eigenvalue weighted by Crippen LogP contribution is -2.06. The molecule has 3 nitrogen and oxygen atoms in total. The Morgan fingerprint density at radius 2 is 2.00 bits per heavy atom. The molecule has 0 N–H and O–H groups in total. The molecule has 3 heteroatoms. The summed E-state index contributed by atoms with van der Waals surface area (Å²) in [5.74, 6) is 0. The average molecular weight is 199 g/mol. The molecule has 2 aromatic rings. The van der Waals surface area contributed by atoms with E-state index >= 15 is 0 Å². The van der Waals surface area contributed by atoms with Crippen LogP contribution in [0, 0.1) is 0 Å². The highest BCUT2D eigenvalue weighted by molar-refractivity contribution is 5.89. The van der Waals surface area contributed by atoms with Crippen LogP contribution >= 0.6 is 0 Å². The maximum atomic E-state index is 4.37. The lowest BCUT2D eigenvalue weighted by Gasteiger charge is -2.03. The number of hydrogen-bond donors (Lipinski definition) is 0. The molecular formula is C12H13N3. The third-order valence-corrected chi connectivity index (χ3v) is 2.04. The van der Waals surface area contributed by atoms with Gasteiger partial charge in [0.1, 0.15) is 0 Å². The van der Waals surface area contributed by atoms with E-state index in [0.29, 0.717) is 0 Å². The zero-order valence-electron chi connectivity index (χ0n) is 8.88. The van der Waals surface area contributed by atoms with Crippen molar-refractivity contribution in [2.24, 2.45) is 4.99 Å². The molecular weight excluding hydrogens is 186 g/mol. The van der Waals surface area contributed by atoms with E-state index in [2.05, 4.69) is 9.98 Å². The summed E-state index contributed by atoms with van der Waals surface area (Å²) in [7, 11) is 3.89. The largest absolute Gasteiger partial charge is 0.369 e. The van der Waals surface area contributed by atoms with Gasteiger partial charge in [0.2, 0.25) is 0 Å². The molecule has 0 fully saturated rings. The third kappa shape index (κ3) is 2.13. The van der Waals surface area contributed by atoms with Crippen molar-refractivity contribution in [3.8, 4) is 0 Å². The SMILES string of the molecule is CN(C)C=Nc1cccc2cccnc12. The van der Waals surface area contributed by atoms with E-state index in [4.69, 9.17) is 0 Å². The Bertz CT molecular complexity index is 484. The first-order valence-corrected chi connectivity index (χ1v) is 4.82. The fraction of sp³-hybridized carbons (Fsp3) is 0.167. The molecule has 0 aliphatic rings. The summed E-state index contributed by atoms with van der Waals surface area (Å²) in [6.07, 6.45) is 3.57. The summed E-state index contributed by atoms with van der Waals surface area (Å²) in [6, 6.07) is 9.97. The van der Waals surface area contributed by atoms with Gasteiger partial charge in [0, 0.05) is 25.7 Å². The quantitative estimate of drug-likeness (QED) is 0.549. The number of pyridine rings is 1. The standard InChI is InChI=1S/C12H13N3/c1-15(2)9-14-11-7-3-5-10-6-4-8-13-12(10)11/h3-9H,1-2H3. The zero-order valence-corrected chi connectivity index (χ0v) is 8.88. The van der Waals surface area contributed by atoms with Crippen LogP contribution in [0.4, 0.5) is 5.69 Å². The van der Waals surface area contributed by atoms with Crippen molar-refractivity contribution in [1.82, 2.24) is 9.88 Å². The molecule has 0 atom stereocenters.